The van der Waals surface area contributed by atoms with Crippen molar-refractivity contribution in [2.75, 3.05) is 28.4 Å². The van der Waals surface area contributed by atoms with Crippen LogP contribution >= 0.6 is 0 Å². The Morgan fingerprint density at radius 1 is 0.786 bits per heavy atom. The van der Waals surface area contributed by atoms with Gasteiger partial charge in [0.2, 0.25) is 0 Å². The summed E-state index contributed by atoms with van der Waals surface area (Å²) < 4.78 is 10.5. The molecular formula is C8H18N2O4. The molecule has 0 aromatic carbocycles. The van der Waals surface area contributed by atoms with Crippen molar-refractivity contribution < 1.29 is 19.1 Å². The molecule has 0 aromatic rings. The Bertz CT molecular complexity index is 163. The fourth-order valence-electron chi connectivity index (χ4n) is 1.74. The van der Waals surface area contributed by atoms with Crippen LogP contribution in [0.1, 0.15) is 6.92 Å². The molecule has 6 nitrogen and oxygen atoms in total. The lowest BCUT2D eigenvalue weighted by atomic mass is 10.5. The maximum absolute atomic E-state index is 5.27. The van der Waals surface area contributed by atoms with E-state index in [1.54, 1.807) is 38.6 Å². The lowest BCUT2D eigenvalue weighted by Crippen LogP contribution is -2.39. The third-order valence-corrected chi connectivity index (χ3v) is 2.39. The van der Waals surface area contributed by atoms with Gasteiger partial charge in [0.25, 0.3) is 0 Å². The summed E-state index contributed by atoms with van der Waals surface area (Å²) in [5, 5.41) is 3.36. The monoisotopic (exact) mass is 206 g/mol. The average molecular weight is 206 g/mol. The van der Waals surface area contributed by atoms with Gasteiger partial charge in [-0.15, -0.1) is 10.1 Å². The predicted octanol–water partition coefficient (Wildman–Crippen LogP) is 0.0178. The average Bonchev–Trinajstić information content (AvgIpc) is 2.48. The molecule has 1 saturated heterocycles. The molecule has 0 aliphatic carbocycles. The molecule has 6 heteroatoms. The second-order valence-electron chi connectivity index (χ2n) is 2.97. The lowest BCUT2D eigenvalue weighted by molar-refractivity contribution is -0.252. The van der Waals surface area contributed by atoms with Crippen molar-refractivity contribution in [3.8, 4) is 0 Å². The molecular weight excluding hydrogens is 188 g/mol. The van der Waals surface area contributed by atoms with Gasteiger partial charge < -0.3 is 9.47 Å². The second-order valence-corrected chi connectivity index (χ2v) is 2.97. The van der Waals surface area contributed by atoms with Gasteiger partial charge in [0.1, 0.15) is 6.17 Å². The summed E-state index contributed by atoms with van der Waals surface area (Å²) in [4.78, 5) is 10.4. The molecule has 84 valence electrons. The first-order valence-electron chi connectivity index (χ1n) is 4.41. The molecule has 0 aromatic heterocycles. The van der Waals surface area contributed by atoms with Crippen LogP contribution in [-0.4, -0.2) is 57.2 Å². The molecule has 14 heavy (non-hydrogen) atoms. The number of hydroxylamine groups is 4. The van der Waals surface area contributed by atoms with Gasteiger partial charge in [-0.05, 0) is 6.92 Å². The second kappa shape index (κ2) is 5.01. The van der Waals surface area contributed by atoms with Crippen LogP contribution in [0.4, 0.5) is 0 Å². The highest BCUT2D eigenvalue weighted by molar-refractivity contribution is 4.78. The van der Waals surface area contributed by atoms with Gasteiger partial charge in [0.15, 0.2) is 12.5 Å². The summed E-state index contributed by atoms with van der Waals surface area (Å²) in [6, 6.07) is 0. The highest BCUT2D eigenvalue weighted by Gasteiger charge is 2.47. The van der Waals surface area contributed by atoms with Crippen LogP contribution in [0, 0.1) is 0 Å². The maximum Gasteiger partial charge on any atom is 0.176 e. The minimum atomic E-state index is -0.292. The zero-order valence-corrected chi connectivity index (χ0v) is 9.26. The van der Waals surface area contributed by atoms with Crippen molar-refractivity contribution in [3.63, 3.8) is 0 Å². The van der Waals surface area contributed by atoms with E-state index in [9.17, 15) is 0 Å². The van der Waals surface area contributed by atoms with Crippen molar-refractivity contribution in [2.45, 2.75) is 25.5 Å². The van der Waals surface area contributed by atoms with E-state index in [-0.39, 0.29) is 18.6 Å². The van der Waals surface area contributed by atoms with E-state index in [1.807, 2.05) is 6.92 Å². The van der Waals surface area contributed by atoms with Crippen LogP contribution in [-0.2, 0) is 19.1 Å². The first-order chi connectivity index (χ1) is 6.71. The fraction of sp³-hybridized carbons (Fsp3) is 1.00. The number of nitrogens with zero attached hydrogens (tertiary/aromatic N) is 2. The Morgan fingerprint density at radius 3 is 1.36 bits per heavy atom. The predicted molar refractivity (Wildman–Crippen MR) is 48.8 cm³/mol. The van der Waals surface area contributed by atoms with E-state index in [2.05, 4.69) is 0 Å². The molecule has 1 aliphatic rings. The Hall–Kier alpha value is -0.240. The standard InChI is InChI=1S/C8H18N2O4/c1-6-9(13-4)7(11-2)8(12-3)10(6)14-5/h6-8H,1-5H3. The minimum absolute atomic E-state index is 0.0556. The van der Waals surface area contributed by atoms with E-state index in [1.165, 1.54) is 0 Å². The highest BCUT2D eigenvalue weighted by atomic mass is 16.8. The molecule has 0 spiro atoms. The van der Waals surface area contributed by atoms with E-state index in [0.29, 0.717) is 0 Å². The fourth-order valence-corrected chi connectivity index (χ4v) is 1.74. The van der Waals surface area contributed by atoms with Crippen molar-refractivity contribution in [1.29, 1.82) is 0 Å². The van der Waals surface area contributed by atoms with E-state index in [0.717, 1.165) is 0 Å². The SMILES string of the molecule is COC1C(OC)N(OC)C(C)N1OC. The van der Waals surface area contributed by atoms with Gasteiger partial charge in [-0.2, -0.15) is 0 Å². The molecule has 1 heterocycles. The van der Waals surface area contributed by atoms with Crippen molar-refractivity contribution in [1.82, 2.24) is 10.1 Å². The molecule has 2 unspecified atom stereocenters. The summed E-state index contributed by atoms with van der Waals surface area (Å²) in [5.41, 5.74) is 0. The molecule has 2 atom stereocenters. The summed E-state index contributed by atoms with van der Waals surface area (Å²) >= 11 is 0. The van der Waals surface area contributed by atoms with Crippen LogP contribution in [0.2, 0.25) is 0 Å². The number of methoxy groups -OCH3 is 2. The molecule has 1 fully saturated rings. The van der Waals surface area contributed by atoms with Crippen LogP contribution < -0.4 is 0 Å². The Kier molecular flexibility index (Phi) is 4.24. The number of rotatable bonds is 4. The maximum atomic E-state index is 5.27. The Balaban J connectivity index is 2.81. The van der Waals surface area contributed by atoms with Crippen LogP contribution in [0.15, 0.2) is 0 Å². The van der Waals surface area contributed by atoms with Gasteiger partial charge >= 0.3 is 0 Å². The van der Waals surface area contributed by atoms with Gasteiger partial charge in [0.05, 0.1) is 14.2 Å². The normalized spacial score (nSPS) is 35.4. The van der Waals surface area contributed by atoms with Crippen molar-refractivity contribution >= 4 is 0 Å². The zero-order valence-electron chi connectivity index (χ0n) is 9.26. The molecule has 0 saturated carbocycles. The van der Waals surface area contributed by atoms with Gasteiger partial charge in [-0.25, -0.2) is 0 Å². The third kappa shape index (κ3) is 1.77. The quantitative estimate of drug-likeness (QED) is 0.646. The summed E-state index contributed by atoms with van der Waals surface area (Å²) in [7, 11) is 6.39. The Labute approximate surface area is 84.2 Å². The summed E-state index contributed by atoms with van der Waals surface area (Å²) in [6.45, 7) is 1.94. The van der Waals surface area contributed by atoms with E-state index < -0.39 is 0 Å². The van der Waals surface area contributed by atoms with Crippen LogP contribution in [0.25, 0.3) is 0 Å². The molecule has 1 aliphatic heterocycles. The molecule has 0 N–H and O–H groups in total. The molecule has 0 bridgehead atoms. The zero-order chi connectivity index (χ0) is 10.7. The first-order valence-corrected chi connectivity index (χ1v) is 4.41. The van der Waals surface area contributed by atoms with Gasteiger partial charge in [0, 0.05) is 14.2 Å². The molecule has 1 rings (SSSR count). The molecule has 0 amide bonds. The van der Waals surface area contributed by atoms with E-state index in [4.69, 9.17) is 19.1 Å². The van der Waals surface area contributed by atoms with Gasteiger partial charge in [-0.1, -0.05) is 0 Å². The Morgan fingerprint density at radius 2 is 1.14 bits per heavy atom. The molecule has 0 radical (unpaired) electrons. The van der Waals surface area contributed by atoms with Crippen LogP contribution in [0.5, 0.6) is 0 Å². The topological polar surface area (TPSA) is 43.4 Å². The summed E-state index contributed by atoms with van der Waals surface area (Å²) in [6.07, 6.45) is -0.639. The van der Waals surface area contributed by atoms with Crippen molar-refractivity contribution in [2.24, 2.45) is 0 Å². The largest absolute Gasteiger partial charge is 0.360 e. The third-order valence-electron chi connectivity index (χ3n) is 2.39. The highest BCUT2D eigenvalue weighted by Crippen LogP contribution is 2.27. The van der Waals surface area contributed by atoms with Crippen LogP contribution in [0.3, 0.4) is 0 Å². The van der Waals surface area contributed by atoms with Gasteiger partial charge in [-0.3, -0.25) is 9.68 Å². The van der Waals surface area contributed by atoms with Crippen molar-refractivity contribution in [3.05, 3.63) is 0 Å². The smallest absolute Gasteiger partial charge is 0.176 e. The number of ether oxygens (including phenoxy) is 2. The summed E-state index contributed by atoms with van der Waals surface area (Å²) in [5.74, 6) is 0. The number of hydrogen-bond acceptors (Lipinski definition) is 6. The first kappa shape index (κ1) is 11.8. The minimum Gasteiger partial charge on any atom is -0.360 e. The van der Waals surface area contributed by atoms with E-state index >= 15 is 0 Å². The lowest BCUT2D eigenvalue weighted by Gasteiger charge is -2.23. The number of hydrogen-bond donors (Lipinski definition) is 0.